The van der Waals surface area contributed by atoms with Gasteiger partial charge < -0.3 is 19.9 Å². The van der Waals surface area contributed by atoms with Crippen molar-refractivity contribution in [2.75, 3.05) is 13.1 Å². The smallest absolute Gasteiger partial charge is 0.376 e. The highest BCUT2D eigenvalue weighted by Gasteiger charge is 2.27. The van der Waals surface area contributed by atoms with E-state index in [0.717, 1.165) is 25.9 Å². The van der Waals surface area contributed by atoms with E-state index in [0.29, 0.717) is 12.5 Å². The van der Waals surface area contributed by atoms with Gasteiger partial charge in [0, 0.05) is 5.92 Å². The zero-order valence-corrected chi connectivity index (χ0v) is 11.5. The standard InChI is InChI=1S/C10H16BClN4O3/c1-11(17)14-4-2-8(3-5-14)7-15-10(16(18)19)6-9(12)13-15/h6,8,17H,2-5,7H2,1H3. The molecule has 0 aliphatic carbocycles. The molecular weight excluding hydrogens is 270 g/mol. The zero-order valence-electron chi connectivity index (χ0n) is 10.7. The summed E-state index contributed by atoms with van der Waals surface area (Å²) < 4.78 is 1.37. The highest BCUT2D eigenvalue weighted by molar-refractivity contribution is 6.45. The van der Waals surface area contributed by atoms with Crippen molar-refractivity contribution in [3.8, 4) is 0 Å². The Kier molecular flexibility index (Phi) is 4.44. The number of hydrogen-bond donors (Lipinski definition) is 1. The molecule has 1 aromatic rings. The largest absolute Gasteiger partial charge is 0.437 e. The van der Waals surface area contributed by atoms with Crippen LogP contribution in [0.15, 0.2) is 6.07 Å². The molecule has 1 fully saturated rings. The number of aromatic nitrogens is 2. The molecule has 2 heterocycles. The summed E-state index contributed by atoms with van der Waals surface area (Å²) in [6.45, 7) is 3.84. The van der Waals surface area contributed by atoms with E-state index in [-0.39, 0.29) is 11.0 Å². The Labute approximate surface area is 116 Å². The van der Waals surface area contributed by atoms with E-state index in [1.165, 1.54) is 10.7 Å². The summed E-state index contributed by atoms with van der Waals surface area (Å²) in [5.41, 5.74) is 0. The average molecular weight is 287 g/mol. The molecule has 0 spiro atoms. The lowest BCUT2D eigenvalue weighted by Gasteiger charge is -2.31. The molecule has 2 rings (SSSR count). The van der Waals surface area contributed by atoms with Crippen LogP contribution in [0, 0.1) is 16.0 Å². The minimum absolute atomic E-state index is 0.0667. The molecular formula is C10H16BClN4O3. The van der Waals surface area contributed by atoms with Gasteiger partial charge in [-0.05, 0) is 37.7 Å². The Morgan fingerprint density at radius 1 is 1.63 bits per heavy atom. The van der Waals surface area contributed by atoms with Gasteiger partial charge in [0.25, 0.3) is 0 Å². The van der Waals surface area contributed by atoms with Gasteiger partial charge in [-0.1, -0.05) is 16.7 Å². The van der Waals surface area contributed by atoms with Gasteiger partial charge in [-0.2, -0.15) is 0 Å². The van der Waals surface area contributed by atoms with Crippen molar-refractivity contribution in [1.29, 1.82) is 0 Å². The third-order valence-corrected chi connectivity index (χ3v) is 3.71. The average Bonchev–Trinajstić information content (AvgIpc) is 2.71. The van der Waals surface area contributed by atoms with Crippen molar-refractivity contribution in [1.82, 2.24) is 14.6 Å². The number of halogens is 1. The summed E-state index contributed by atoms with van der Waals surface area (Å²) in [5.74, 6) is 0.257. The number of hydrogen-bond acceptors (Lipinski definition) is 5. The molecule has 0 unspecified atom stereocenters. The fourth-order valence-corrected chi connectivity index (χ4v) is 2.60. The van der Waals surface area contributed by atoms with Crippen molar-refractivity contribution >= 4 is 24.5 Å². The molecule has 0 radical (unpaired) electrons. The Morgan fingerprint density at radius 2 is 2.26 bits per heavy atom. The van der Waals surface area contributed by atoms with Crippen LogP contribution in [0.1, 0.15) is 12.8 Å². The summed E-state index contributed by atoms with van der Waals surface area (Å²) in [4.78, 5) is 12.4. The lowest BCUT2D eigenvalue weighted by Crippen LogP contribution is -2.43. The van der Waals surface area contributed by atoms with Gasteiger partial charge in [0.2, 0.25) is 0 Å². The lowest BCUT2D eigenvalue weighted by molar-refractivity contribution is -0.392. The van der Waals surface area contributed by atoms with Crippen molar-refractivity contribution in [2.45, 2.75) is 26.2 Å². The third kappa shape index (κ3) is 3.46. The molecule has 0 saturated carbocycles. The van der Waals surface area contributed by atoms with Gasteiger partial charge in [0.15, 0.2) is 5.15 Å². The van der Waals surface area contributed by atoms with Gasteiger partial charge in [-0.3, -0.25) is 0 Å². The zero-order chi connectivity index (χ0) is 14.0. The van der Waals surface area contributed by atoms with Crippen LogP contribution in [-0.2, 0) is 6.54 Å². The maximum atomic E-state index is 10.9. The summed E-state index contributed by atoms with van der Waals surface area (Å²) in [6, 6.07) is 1.27. The first-order valence-corrected chi connectivity index (χ1v) is 6.65. The van der Waals surface area contributed by atoms with Crippen LogP contribution in [-0.4, -0.2) is 44.7 Å². The summed E-state index contributed by atoms with van der Waals surface area (Å²) in [6.07, 6.45) is 1.78. The number of nitrogens with zero attached hydrogens (tertiary/aromatic N) is 4. The maximum absolute atomic E-state index is 10.9. The second-order valence-electron chi connectivity index (χ2n) is 4.88. The van der Waals surface area contributed by atoms with E-state index in [2.05, 4.69) is 5.10 Å². The van der Waals surface area contributed by atoms with Gasteiger partial charge in [-0.25, -0.2) is 0 Å². The maximum Gasteiger partial charge on any atom is 0.376 e. The first-order valence-electron chi connectivity index (χ1n) is 6.27. The molecule has 1 aromatic heterocycles. The molecule has 7 nitrogen and oxygen atoms in total. The molecule has 104 valence electrons. The van der Waals surface area contributed by atoms with Crippen LogP contribution in [0.5, 0.6) is 0 Å². The molecule has 0 bridgehead atoms. The Balaban J connectivity index is 1.97. The predicted molar refractivity (Wildman–Crippen MR) is 72.0 cm³/mol. The van der Waals surface area contributed by atoms with E-state index in [9.17, 15) is 15.1 Å². The summed E-state index contributed by atoms with van der Waals surface area (Å²) in [5, 5.41) is 24.4. The van der Waals surface area contributed by atoms with Crippen LogP contribution in [0.3, 0.4) is 0 Å². The monoisotopic (exact) mass is 286 g/mol. The number of rotatable bonds is 4. The van der Waals surface area contributed by atoms with E-state index < -0.39 is 12.0 Å². The van der Waals surface area contributed by atoms with E-state index in [1.54, 1.807) is 6.82 Å². The minimum Gasteiger partial charge on any atom is -0.437 e. The molecule has 0 atom stereocenters. The topological polar surface area (TPSA) is 84.4 Å². The van der Waals surface area contributed by atoms with Crippen LogP contribution in [0.2, 0.25) is 12.0 Å². The molecule has 1 saturated heterocycles. The quantitative estimate of drug-likeness (QED) is 0.512. The fraction of sp³-hybridized carbons (Fsp3) is 0.700. The third-order valence-electron chi connectivity index (χ3n) is 3.52. The van der Waals surface area contributed by atoms with E-state index in [1.807, 2.05) is 4.81 Å². The van der Waals surface area contributed by atoms with Crippen molar-refractivity contribution < 1.29 is 9.95 Å². The van der Waals surface area contributed by atoms with E-state index >= 15 is 0 Å². The van der Waals surface area contributed by atoms with Crippen LogP contribution in [0.4, 0.5) is 5.82 Å². The van der Waals surface area contributed by atoms with E-state index in [4.69, 9.17) is 11.6 Å². The normalized spacial score (nSPS) is 17.6. The first kappa shape index (κ1) is 14.3. The second-order valence-corrected chi connectivity index (χ2v) is 5.26. The van der Waals surface area contributed by atoms with Gasteiger partial charge >= 0.3 is 12.9 Å². The molecule has 1 N–H and O–H groups in total. The first-order chi connectivity index (χ1) is 8.97. The number of nitro groups is 1. The minimum atomic E-state index is -0.468. The van der Waals surface area contributed by atoms with Crippen molar-refractivity contribution in [2.24, 2.45) is 5.92 Å². The summed E-state index contributed by atoms with van der Waals surface area (Å²) in [7, 11) is -0.436. The lowest BCUT2D eigenvalue weighted by atomic mass is 9.81. The van der Waals surface area contributed by atoms with Crippen LogP contribution >= 0.6 is 11.6 Å². The van der Waals surface area contributed by atoms with Crippen LogP contribution < -0.4 is 0 Å². The Hall–Kier alpha value is -1.12. The predicted octanol–water partition coefficient (Wildman–Crippen LogP) is 1.27. The second kappa shape index (κ2) is 5.89. The molecule has 0 amide bonds. The molecule has 1 aliphatic rings. The highest BCUT2D eigenvalue weighted by atomic mass is 35.5. The Morgan fingerprint density at radius 3 is 2.79 bits per heavy atom. The SMILES string of the molecule is CB(O)N1CCC(Cn2nc(Cl)cc2[N+](=O)[O-])CC1. The Bertz CT molecular complexity index is 460. The molecule has 1 aliphatic heterocycles. The van der Waals surface area contributed by atoms with Gasteiger partial charge in [-0.15, -0.1) is 4.68 Å². The van der Waals surface area contributed by atoms with Crippen molar-refractivity contribution in [3.63, 3.8) is 0 Å². The number of piperidine rings is 1. The molecule has 0 aromatic carbocycles. The summed E-state index contributed by atoms with van der Waals surface area (Å²) >= 11 is 5.71. The van der Waals surface area contributed by atoms with Crippen LogP contribution in [0.25, 0.3) is 0 Å². The fourth-order valence-electron chi connectivity index (χ4n) is 2.41. The van der Waals surface area contributed by atoms with Gasteiger partial charge in [0.1, 0.15) is 6.54 Å². The van der Waals surface area contributed by atoms with Crippen molar-refractivity contribution in [3.05, 3.63) is 21.3 Å². The molecule has 9 heteroatoms. The van der Waals surface area contributed by atoms with Gasteiger partial charge in [0.05, 0.1) is 6.07 Å². The highest BCUT2D eigenvalue weighted by Crippen LogP contribution is 2.23. The molecule has 19 heavy (non-hydrogen) atoms.